The van der Waals surface area contributed by atoms with Gasteiger partial charge in [-0.1, -0.05) is 22.9 Å². The second-order valence-corrected chi connectivity index (χ2v) is 5.89. The van der Waals surface area contributed by atoms with E-state index in [1.807, 2.05) is 0 Å². The summed E-state index contributed by atoms with van der Waals surface area (Å²) in [6.45, 7) is 1.63. The summed E-state index contributed by atoms with van der Waals surface area (Å²) >= 11 is 7.34. The fourth-order valence-corrected chi connectivity index (χ4v) is 3.34. The highest BCUT2D eigenvalue weighted by atomic mass is 35.5. The van der Waals surface area contributed by atoms with Crippen LogP contribution in [0.3, 0.4) is 0 Å². The van der Waals surface area contributed by atoms with Crippen molar-refractivity contribution in [1.82, 2.24) is 4.98 Å². The summed E-state index contributed by atoms with van der Waals surface area (Å²) in [4.78, 5) is 18.0. The number of hydrogen-bond donors (Lipinski definition) is 2. The van der Waals surface area contributed by atoms with E-state index in [4.69, 9.17) is 22.4 Å². The standard InChI is InChI=1S/C11H16ClN3O2S/c12-10-8(6-16)18-11(14-10)15-3-1-7(2-4-15)5-9(13)17/h7,16H,1-6H2,(H2,13,17). The van der Waals surface area contributed by atoms with Crippen LogP contribution >= 0.6 is 22.9 Å². The Kier molecular flexibility index (Phi) is 4.42. The lowest BCUT2D eigenvalue weighted by molar-refractivity contribution is -0.119. The van der Waals surface area contributed by atoms with E-state index in [0.29, 0.717) is 22.4 Å². The van der Waals surface area contributed by atoms with E-state index < -0.39 is 0 Å². The topological polar surface area (TPSA) is 79.5 Å². The number of amides is 1. The molecule has 1 aromatic rings. The number of piperidine rings is 1. The number of rotatable bonds is 4. The molecule has 1 aliphatic rings. The smallest absolute Gasteiger partial charge is 0.217 e. The number of anilines is 1. The third kappa shape index (κ3) is 3.13. The van der Waals surface area contributed by atoms with Gasteiger partial charge in [-0.05, 0) is 18.8 Å². The van der Waals surface area contributed by atoms with Gasteiger partial charge in [0.05, 0.1) is 11.5 Å². The number of nitrogens with two attached hydrogens (primary N) is 1. The van der Waals surface area contributed by atoms with E-state index in [1.54, 1.807) is 0 Å². The Morgan fingerprint density at radius 2 is 2.22 bits per heavy atom. The van der Waals surface area contributed by atoms with E-state index in [0.717, 1.165) is 31.1 Å². The zero-order valence-electron chi connectivity index (χ0n) is 9.93. The SMILES string of the molecule is NC(=O)CC1CCN(c2nc(Cl)c(CO)s2)CC1. The highest BCUT2D eigenvalue weighted by Crippen LogP contribution is 2.32. The molecular weight excluding hydrogens is 274 g/mol. The van der Waals surface area contributed by atoms with Gasteiger partial charge in [0, 0.05) is 19.5 Å². The van der Waals surface area contributed by atoms with Crippen molar-refractivity contribution in [3.05, 3.63) is 10.0 Å². The highest BCUT2D eigenvalue weighted by Gasteiger charge is 2.23. The molecule has 1 amide bonds. The zero-order valence-corrected chi connectivity index (χ0v) is 11.5. The first-order chi connectivity index (χ1) is 8.60. The number of aromatic nitrogens is 1. The molecule has 0 saturated carbocycles. The lowest BCUT2D eigenvalue weighted by Crippen LogP contribution is -2.34. The average Bonchev–Trinajstić information content (AvgIpc) is 2.71. The maximum atomic E-state index is 10.9. The predicted octanol–water partition coefficient (Wildman–Crippen LogP) is 1.38. The van der Waals surface area contributed by atoms with Crippen molar-refractivity contribution in [3.8, 4) is 0 Å². The zero-order chi connectivity index (χ0) is 13.1. The van der Waals surface area contributed by atoms with Crippen LogP contribution in [0.5, 0.6) is 0 Å². The molecule has 1 fully saturated rings. The first-order valence-electron chi connectivity index (χ1n) is 5.89. The van der Waals surface area contributed by atoms with Crippen LogP contribution in [0.15, 0.2) is 0 Å². The molecule has 3 N–H and O–H groups in total. The minimum atomic E-state index is -0.228. The van der Waals surface area contributed by atoms with Gasteiger partial charge in [-0.15, -0.1) is 0 Å². The van der Waals surface area contributed by atoms with Gasteiger partial charge in [0.1, 0.15) is 5.15 Å². The van der Waals surface area contributed by atoms with E-state index in [1.165, 1.54) is 11.3 Å². The lowest BCUT2D eigenvalue weighted by atomic mass is 9.94. The van der Waals surface area contributed by atoms with Crippen molar-refractivity contribution < 1.29 is 9.90 Å². The maximum absolute atomic E-state index is 10.9. The van der Waals surface area contributed by atoms with Crippen molar-refractivity contribution in [2.24, 2.45) is 11.7 Å². The number of aliphatic hydroxyl groups is 1. The number of carbonyl (C=O) groups is 1. The van der Waals surface area contributed by atoms with Crippen LogP contribution in [0, 0.1) is 5.92 Å². The summed E-state index contributed by atoms with van der Waals surface area (Å²) in [5.74, 6) is 0.153. The highest BCUT2D eigenvalue weighted by molar-refractivity contribution is 7.16. The van der Waals surface area contributed by atoms with Gasteiger partial charge in [-0.3, -0.25) is 4.79 Å². The molecule has 5 nitrogen and oxygen atoms in total. The molecule has 0 aromatic carbocycles. The Morgan fingerprint density at radius 1 is 1.56 bits per heavy atom. The van der Waals surface area contributed by atoms with Crippen LogP contribution in [0.25, 0.3) is 0 Å². The molecule has 1 aromatic heterocycles. The minimum absolute atomic E-state index is 0.0748. The maximum Gasteiger partial charge on any atom is 0.217 e. The number of nitrogens with zero attached hydrogens (tertiary/aromatic N) is 2. The summed E-state index contributed by atoms with van der Waals surface area (Å²) in [6.07, 6.45) is 2.34. The molecule has 0 aliphatic carbocycles. The van der Waals surface area contributed by atoms with Crippen LogP contribution < -0.4 is 10.6 Å². The van der Waals surface area contributed by atoms with Crippen molar-refractivity contribution in [1.29, 1.82) is 0 Å². The van der Waals surface area contributed by atoms with Gasteiger partial charge in [0.25, 0.3) is 0 Å². The third-order valence-electron chi connectivity index (χ3n) is 3.16. The molecule has 7 heteroatoms. The Morgan fingerprint density at radius 3 is 2.72 bits per heavy atom. The summed E-state index contributed by atoms with van der Waals surface area (Å²) in [6, 6.07) is 0. The second-order valence-electron chi connectivity index (χ2n) is 4.47. The van der Waals surface area contributed by atoms with E-state index >= 15 is 0 Å². The van der Waals surface area contributed by atoms with Crippen molar-refractivity contribution in [2.45, 2.75) is 25.9 Å². The summed E-state index contributed by atoms with van der Waals surface area (Å²) in [5.41, 5.74) is 5.20. The Hall–Kier alpha value is -0.850. The molecule has 100 valence electrons. The van der Waals surface area contributed by atoms with E-state index in [-0.39, 0.29) is 12.5 Å². The van der Waals surface area contributed by atoms with Gasteiger partial charge >= 0.3 is 0 Å². The van der Waals surface area contributed by atoms with Gasteiger partial charge in [-0.25, -0.2) is 4.98 Å². The fraction of sp³-hybridized carbons (Fsp3) is 0.636. The largest absolute Gasteiger partial charge is 0.391 e. The molecule has 2 rings (SSSR count). The van der Waals surface area contributed by atoms with Crippen LogP contribution in [-0.4, -0.2) is 29.1 Å². The van der Waals surface area contributed by atoms with Gasteiger partial charge in [0.2, 0.25) is 5.91 Å². The van der Waals surface area contributed by atoms with Crippen LogP contribution in [-0.2, 0) is 11.4 Å². The summed E-state index contributed by atoms with van der Waals surface area (Å²) < 4.78 is 0. The molecule has 0 radical (unpaired) electrons. The van der Waals surface area contributed by atoms with Crippen LogP contribution in [0.1, 0.15) is 24.1 Å². The van der Waals surface area contributed by atoms with Crippen LogP contribution in [0.4, 0.5) is 5.13 Å². The summed E-state index contributed by atoms with van der Waals surface area (Å²) in [5, 5.41) is 10.3. The Bertz CT molecular complexity index is 430. The number of hydrogen-bond acceptors (Lipinski definition) is 5. The van der Waals surface area contributed by atoms with Gasteiger partial charge in [-0.2, -0.15) is 0 Å². The normalized spacial score (nSPS) is 17.1. The molecule has 0 bridgehead atoms. The van der Waals surface area contributed by atoms with Gasteiger partial charge < -0.3 is 15.7 Å². The molecule has 0 spiro atoms. The molecule has 18 heavy (non-hydrogen) atoms. The van der Waals surface area contributed by atoms with E-state index in [2.05, 4.69) is 9.88 Å². The number of aliphatic hydroxyl groups excluding tert-OH is 1. The average molecular weight is 290 g/mol. The molecule has 0 atom stereocenters. The molecule has 1 saturated heterocycles. The quantitative estimate of drug-likeness (QED) is 0.878. The Labute approximate surface area is 115 Å². The van der Waals surface area contributed by atoms with Gasteiger partial charge in [0.15, 0.2) is 5.13 Å². The number of thiazole rings is 1. The fourth-order valence-electron chi connectivity index (χ4n) is 2.17. The van der Waals surface area contributed by atoms with Crippen molar-refractivity contribution in [2.75, 3.05) is 18.0 Å². The monoisotopic (exact) mass is 289 g/mol. The third-order valence-corrected chi connectivity index (χ3v) is 4.68. The van der Waals surface area contributed by atoms with Crippen molar-refractivity contribution in [3.63, 3.8) is 0 Å². The number of carbonyl (C=O) groups excluding carboxylic acids is 1. The number of halogens is 1. The Balaban J connectivity index is 1.94. The first-order valence-corrected chi connectivity index (χ1v) is 7.09. The predicted molar refractivity (Wildman–Crippen MR) is 71.8 cm³/mol. The molecule has 0 unspecified atom stereocenters. The molecule has 2 heterocycles. The van der Waals surface area contributed by atoms with Crippen molar-refractivity contribution >= 4 is 34.0 Å². The molecular formula is C11H16ClN3O2S. The second kappa shape index (κ2) is 5.86. The van der Waals surface area contributed by atoms with E-state index in [9.17, 15) is 4.79 Å². The molecule has 1 aliphatic heterocycles. The minimum Gasteiger partial charge on any atom is -0.391 e. The summed E-state index contributed by atoms with van der Waals surface area (Å²) in [7, 11) is 0. The first kappa shape index (κ1) is 13.6. The number of primary amides is 1. The van der Waals surface area contributed by atoms with Crippen LogP contribution in [0.2, 0.25) is 5.15 Å². The lowest BCUT2D eigenvalue weighted by Gasteiger charge is -2.31.